The van der Waals surface area contributed by atoms with Crippen LogP contribution in [0.25, 0.3) is 21.6 Å². The van der Waals surface area contributed by atoms with Crippen molar-refractivity contribution < 1.29 is 48.7 Å². The number of allylic oxidation sites excluding steroid dienone is 1. The number of carbonyl (C=O) groups is 4. The molecular weight excluding hydrogens is 1010 g/mol. The molecular formula is C58H71ClN6O10S. The van der Waals surface area contributed by atoms with Gasteiger partial charge in [0.2, 0.25) is 23.6 Å². The van der Waals surface area contributed by atoms with Gasteiger partial charge in [-0.05, 0) is 94.1 Å². The Labute approximate surface area is 454 Å². The lowest BCUT2D eigenvalue weighted by Gasteiger charge is -2.35. The van der Waals surface area contributed by atoms with Gasteiger partial charge in [-0.25, -0.2) is 4.98 Å². The maximum absolute atomic E-state index is 14.0. The number of thiazole rings is 1. The number of phenols is 2. The fourth-order valence-corrected chi connectivity index (χ4v) is 10.4. The minimum absolute atomic E-state index is 0.000628. The number of nitrogens with zero attached hydrogens (tertiary/aromatic N) is 4. The molecule has 0 bridgehead atoms. The molecule has 18 heteroatoms. The maximum atomic E-state index is 14.0. The van der Waals surface area contributed by atoms with Crippen molar-refractivity contribution in [3.05, 3.63) is 131 Å². The molecule has 7 rings (SSSR count). The second-order valence-electron chi connectivity index (χ2n) is 20.2. The van der Waals surface area contributed by atoms with Crippen molar-refractivity contribution in [2.24, 2.45) is 5.41 Å². The highest BCUT2D eigenvalue weighted by molar-refractivity contribution is 7.13. The molecule has 0 saturated carbocycles. The Balaban J connectivity index is 0.764. The third-order valence-electron chi connectivity index (χ3n) is 13.6. The highest BCUT2D eigenvalue weighted by Crippen LogP contribution is 2.37. The smallest absolute Gasteiger partial charge is 0.246 e. The second-order valence-corrected chi connectivity index (χ2v) is 21.4. The first-order chi connectivity index (χ1) is 36.6. The predicted octanol–water partition coefficient (Wildman–Crippen LogP) is 7.26. The van der Waals surface area contributed by atoms with E-state index in [0.29, 0.717) is 38.5 Å². The van der Waals surface area contributed by atoms with Gasteiger partial charge in [-0.2, -0.15) is 0 Å². The first-order valence-electron chi connectivity index (χ1n) is 25.9. The number of β-amino-alcohol motifs (C(OH)–C–C–N with tert-alkyl or cyclic N) is 1. The molecule has 406 valence electrons. The number of rotatable bonds is 24. The van der Waals surface area contributed by atoms with Gasteiger partial charge in [0.05, 0.1) is 55.0 Å². The molecule has 16 nitrogen and oxygen atoms in total. The Morgan fingerprint density at radius 3 is 1.97 bits per heavy atom. The molecule has 2 saturated heterocycles. The van der Waals surface area contributed by atoms with E-state index in [2.05, 4.69) is 20.5 Å². The van der Waals surface area contributed by atoms with E-state index >= 15 is 0 Å². The summed E-state index contributed by atoms with van der Waals surface area (Å²) < 4.78 is 17.5. The molecule has 2 aliphatic rings. The summed E-state index contributed by atoms with van der Waals surface area (Å²) in [5.74, 6) is 0.328. The van der Waals surface area contributed by atoms with Crippen LogP contribution in [0.3, 0.4) is 0 Å². The molecule has 3 atom stereocenters. The summed E-state index contributed by atoms with van der Waals surface area (Å²) >= 11 is 7.87. The van der Waals surface area contributed by atoms with Gasteiger partial charge in [-0.3, -0.25) is 24.1 Å². The number of alkyl halides is 1. The molecule has 4 amide bonds. The SMILES string of the molecule is Cc1ncsc1-c1ccc(CNC(=O)[C@@H]2C[C@@H](O)CN2C(=O)C(NC(=O)CCOCCOCCC(=O)N2CCN(CCOc3ccc(C(=C(CCCl)c4ccc(O)cc4)c4ccc(O)cc4)cc3)CC2)C(C)(C)C)cc1. The van der Waals surface area contributed by atoms with Gasteiger partial charge < -0.3 is 50.0 Å². The average Bonchev–Trinajstić information content (AvgIpc) is 4.03. The summed E-state index contributed by atoms with van der Waals surface area (Å²) in [6.07, 6.45) is 0.0550. The zero-order valence-corrected chi connectivity index (χ0v) is 45.4. The first kappa shape index (κ1) is 57.4. The number of likely N-dealkylation sites (tertiary alicyclic amines) is 1. The number of halogens is 1. The number of hydrogen-bond acceptors (Lipinski definition) is 13. The van der Waals surface area contributed by atoms with Crippen molar-refractivity contribution in [2.45, 2.75) is 78.1 Å². The van der Waals surface area contributed by atoms with Gasteiger partial charge in [0.15, 0.2) is 0 Å². The Bertz CT molecular complexity index is 2720. The summed E-state index contributed by atoms with van der Waals surface area (Å²) in [6, 6.07) is 28.1. The number of benzene rings is 4. The number of aromatic nitrogens is 1. The highest BCUT2D eigenvalue weighted by atomic mass is 35.5. The Kier molecular flexibility index (Phi) is 20.9. The van der Waals surface area contributed by atoms with Gasteiger partial charge in [-0.15, -0.1) is 22.9 Å². The van der Waals surface area contributed by atoms with Crippen LogP contribution >= 0.6 is 22.9 Å². The zero-order valence-electron chi connectivity index (χ0n) is 43.8. The second kappa shape index (κ2) is 27.6. The molecule has 5 N–H and O–H groups in total. The van der Waals surface area contributed by atoms with E-state index in [4.69, 9.17) is 25.8 Å². The van der Waals surface area contributed by atoms with Crippen LogP contribution in [0.15, 0.2) is 103 Å². The van der Waals surface area contributed by atoms with Crippen molar-refractivity contribution in [1.29, 1.82) is 0 Å². The standard InChI is InChI=1S/C58H71ClN6O10S/c1-39-54(76-38-61-39)44-7-5-40(6-8-44)36-60-56(71)50-35-47(68)37-65(50)57(72)55(58(2,3)4)62-51(69)22-30-73-33-34-74-31-23-52(70)64-27-25-63(26-28-64)29-32-75-48-19-13-43(14-20-48)53(42-11-17-46(67)18-12-42)49(21-24-59)41-9-15-45(66)16-10-41/h5-20,38,47,50,55,66-68H,21-37H2,1-4H3,(H,60,71)(H,62,69)/t47-,50+,55?/m1/s1. The number of phenolic OH excluding ortho intramolecular Hbond substituents is 2. The Hall–Kier alpha value is -6.34. The summed E-state index contributed by atoms with van der Waals surface area (Å²) in [7, 11) is 0. The number of nitrogens with one attached hydrogen (secondary N) is 2. The van der Waals surface area contributed by atoms with Crippen LogP contribution in [0.4, 0.5) is 0 Å². The monoisotopic (exact) mass is 1080 g/mol. The molecule has 0 aliphatic carbocycles. The van der Waals surface area contributed by atoms with Crippen molar-refractivity contribution in [2.75, 3.05) is 78.2 Å². The fourth-order valence-electron chi connectivity index (χ4n) is 9.36. The third kappa shape index (κ3) is 16.1. The number of carbonyl (C=O) groups excluding carboxylic acids is 4. The van der Waals surface area contributed by atoms with E-state index in [1.165, 1.54) is 4.90 Å². The summed E-state index contributed by atoms with van der Waals surface area (Å²) in [4.78, 5) is 64.5. The largest absolute Gasteiger partial charge is 0.508 e. The number of aliphatic hydroxyl groups excluding tert-OH is 1. The molecule has 1 aromatic heterocycles. The summed E-state index contributed by atoms with van der Waals surface area (Å²) in [5.41, 5.74) is 8.83. The van der Waals surface area contributed by atoms with E-state index in [9.17, 15) is 34.5 Å². The van der Waals surface area contributed by atoms with Gasteiger partial charge in [0.25, 0.3) is 0 Å². The molecule has 2 aliphatic heterocycles. The van der Waals surface area contributed by atoms with E-state index in [1.54, 1.807) is 35.6 Å². The molecule has 0 spiro atoms. The van der Waals surface area contributed by atoms with E-state index < -0.39 is 29.5 Å². The predicted molar refractivity (Wildman–Crippen MR) is 295 cm³/mol. The lowest BCUT2D eigenvalue weighted by Crippen LogP contribution is -2.57. The van der Waals surface area contributed by atoms with Crippen molar-refractivity contribution >= 4 is 57.7 Å². The highest BCUT2D eigenvalue weighted by Gasteiger charge is 2.44. The van der Waals surface area contributed by atoms with Gasteiger partial charge in [0.1, 0.15) is 35.9 Å². The molecule has 3 heterocycles. The minimum Gasteiger partial charge on any atom is -0.508 e. The fraction of sp³-hybridized carbons (Fsp3) is 0.431. The molecule has 1 unspecified atom stereocenters. The Morgan fingerprint density at radius 1 is 0.776 bits per heavy atom. The quantitative estimate of drug-likeness (QED) is 0.0236. The van der Waals surface area contributed by atoms with Gasteiger partial charge >= 0.3 is 0 Å². The number of aliphatic hydroxyl groups is 1. The molecule has 0 radical (unpaired) electrons. The number of piperazine rings is 1. The lowest BCUT2D eigenvalue weighted by molar-refractivity contribution is -0.144. The van der Waals surface area contributed by atoms with Crippen LogP contribution < -0.4 is 15.4 Å². The Morgan fingerprint density at radius 2 is 1.38 bits per heavy atom. The number of ether oxygens (including phenoxy) is 3. The van der Waals surface area contributed by atoms with E-state index in [-0.39, 0.29) is 88.0 Å². The van der Waals surface area contributed by atoms with Crippen LogP contribution in [0, 0.1) is 12.3 Å². The summed E-state index contributed by atoms with van der Waals surface area (Å²) in [5, 5.41) is 36.3. The van der Waals surface area contributed by atoms with Gasteiger partial charge in [-0.1, -0.05) is 81.4 Å². The van der Waals surface area contributed by atoms with Gasteiger partial charge in [0, 0.05) is 64.5 Å². The average molecular weight is 1080 g/mol. The topological polar surface area (TPSA) is 203 Å². The van der Waals surface area contributed by atoms with E-state index in [1.807, 2.05) is 111 Å². The van der Waals surface area contributed by atoms with Crippen LogP contribution in [0.1, 0.15) is 74.4 Å². The van der Waals surface area contributed by atoms with E-state index in [0.717, 1.165) is 68.4 Å². The molecule has 4 aromatic carbocycles. The first-order valence-corrected chi connectivity index (χ1v) is 27.3. The minimum atomic E-state index is -0.950. The number of hydrogen-bond donors (Lipinski definition) is 5. The summed E-state index contributed by atoms with van der Waals surface area (Å²) in [6.45, 7) is 12.4. The number of aryl methyl sites for hydroxylation is 1. The number of aromatic hydroxyl groups is 2. The van der Waals surface area contributed by atoms with Crippen LogP contribution in [0.2, 0.25) is 0 Å². The molecule has 2 fully saturated rings. The molecule has 5 aromatic rings. The van der Waals surface area contributed by atoms with Crippen LogP contribution in [-0.2, 0) is 35.2 Å². The van der Waals surface area contributed by atoms with Crippen molar-refractivity contribution in [3.8, 4) is 27.7 Å². The maximum Gasteiger partial charge on any atom is 0.246 e. The lowest BCUT2D eigenvalue weighted by atomic mass is 9.85. The third-order valence-corrected chi connectivity index (χ3v) is 14.7. The van der Waals surface area contributed by atoms with Crippen molar-refractivity contribution in [1.82, 2.24) is 30.3 Å². The normalized spacial score (nSPS) is 16.8. The number of amides is 4. The van der Waals surface area contributed by atoms with Crippen molar-refractivity contribution in [3.63, 3.8) is 0 Å². The van der Waals surface area contributed by atoms with Crippen LogP contribution in [0.5, 0.6) is 17.2 Å². The zero-order chi connectivity index (χ0) is 54.2. The van der Waals surface area contributed by atoms with Crippen LogP contribution in [-0.4, -0.2) is 155 Å². The molecule has 76 heavy (non-hydrogen) atoms.